The molecule has 0 saturated carbocycles. The van der Waals surface area contributed by atoms with Gasteiger partial charge in [0.1, 0.15) is 17.3 Å². The summed E-state index contributed by atoms with van der Waals surface area (Å²) >= 11 is 0. The fourth-order valence-electron chi connectivity index (χ4n) is 2.78. The quantitative estimate of drug-likeness (QED) is 0.644. The molecule has 0 fully saturated rings. The third-order valence-electron chi connectivity index (χ3n) is 4.21. The third-order valence-corrected chi connectivity index (χ3v) is 4.21. The molecule has 0 radical (unpaired) electrons. The topological polar surface area (TPSA) is 80.3 Å². The van der Waals surface area contributed by atoms with E-state index >= 15 is 0 Å². The maximum atomic E-state index is 13.3. The minimum atomic E-state index is -0.457. The van der Waals surface area contributed by atoms with Gasteiger partial charge in [-0.1, -0.05) is 24.3 Å². The fourth-order valence-corrected chi connectivity index (χ4v) is 2.78. The van der Waals surface area contributed by atoms with Gasteiger partial charge in [-0.25, -0.2) is 4.39 Å². The Morgan fingerprint density at radius 1 is 1.03 bits per heavy atom. The van der Waals surface area contributed by atoms with Crippen LogP contribution in [0.5, 0.6) is 5.75 Å². The number of hydrogen-bond donors (Lipinski definition) is 2. The van der Waals surface area contributed by atoms with E-state index in [4.69, 9.17) is 4.74 Å². The number of pyridine rings is 1. The molecule has 0 aliphatic carbocycles. The standard InChI is InChI=1S/C22H20FN3O3/c1-29-20-8-3-2-5-15(20)9-12-25-22(28)19-13-16(10-11-24-19)21(27)26-18-7-4-6-17(23)14-18/h2-8,10-11,13-14H,9,12H2,1H3,(H,25,28)(H,26,27). The molecule has 0 unspecified atom stereocenters. The molecule has 29 heavy (non-hydrogen) atoms. The van der Waals surface area contributed by atoms with Gasteiger partial charge in [0.15, 0.2) is 0 Å². The van der Waals surface area contributed by atoms with E-state index in [0.717, 1.165) is 11.3 Å². The van der Waals surface area contributed by atoms with Crippen molar-refractivity contribution >= 4 is 17.5 Å². The number of anilines is 1. The van der Waals surface area contributed by atoms with Gasteiger partial charge in [-0.15, -0.1) is 0 Å². The zero-order chi connectivity index (χ0) is 20.6. The number of benzene rings is 2. The summed E-state index contributed by atoms with van der Waals surface area (Å²) in [5.41, 5.74) is 1.68. The average molecular weight is 393 g/mol. The van der Waals surface area contributed by atoms with Crippen molar-refractivity contribution in [3.05, 3.63) is 89.5 Å². The second-order valence-electron chi connectivity index (χ2n) is 6.21. The van der Waals surface area contributed by atoms with Crippen molar-refractivity contribution in [2.24, 2.45) is 0 Å². The van der Waals surface area contributed by atoms with Crippen molar-refractivity contribution in [3.8, 4) is 5.75 Å². The van der Waals surface area contributed by atoms with Crippen LogP contribution in [0.3, 0.4) is 0 Å². The second kappa shape index (κ2) is 9.45. The Hall–Kier alpha value is -3.74. The van der Waals surface area contributed by atoms with Crippen molar-refractivity contribution in [2.45, 2.75) is 6.42 Å². The van der Waals surface area contributed by atoms with Gasteiger partial charge in [-0.2, -0.15) is 0 Å². The van der Waals surface area contributed by atoms with Gasteiger partial charge >= 0.3 is 0 Å². The van der Waals surface area contributed by atoms with Crippen LogP contribution in [0.2, 0.25) is 0 Å². The molecule has 0 spiro atoms. The lowest BCUT2D eigenvalue weighted by molar-refractivity contribution is 0.0949. The first-order chi connectivity index (χ1) is 14.1. The van der Waals surface area contributed by atoms with Gasteiger partial charge in [-0.05, 0) is 48.4 Å². The summed E-state index contributed by atoms with van der Waals surface area (Å²) in [6, 6.07) is 16.0. The molecule has 2 aromatic carbocycles. The SMILES string of the molecule is COc1ccccc1CCNC(=O)c1cc(C(=O)Nc2cccc(F)c2)ccn1. The molecule has 0 aliphatic rings. The third kappa shape index (κ3) is 5.38. The summed E-state index contributed by atoms with van der Waals surface area (Å²) in [6.07, 6.45) is 1.98. The van der Waals surface area contributed by atoms with Crippen molar-refractivity contribution in [1.82, 2.24) is 10.3 Å². The van der Waals surface area contributed by atoms with Crippen molar-refractivity contribution in [2.75, 3.05) is 19.0 Å². The molecule has 7 heteroatoms. The normalized spacial score (nSPS) is 10.3. The second-order valence-corrected chi connectivity index (χ2v) is 6.21. The van der Waals surface area contributed by atoms with Crippen LogP contribution in [-0.4, -0.2) is 30.5 Å². The molecule has 2 amide bonds. The predicted octanol–water partition coefficient (Wildman–Crippen LogP) is 3.45. The number of nitrogens with zero attached hydrogens (tertiary/aromatic N) is 1. The number of rotatable bonds is 7. The Balaban J connectivity index is 1.61. The summed E-state index contributed by atoms with van der Waals surface area (Å²) < 4.78 is 18.5. The monoisotopic (exact) mass is 393 g/mol. The molecule has 0 saturated heterocycles. The largest absolute Gasteiger partial charge is 0.496 e. The van der Waals surface area contributed by atoms with Crippen LogP contribution in [0, 0.1) is 5.82 Å². The zero-order valence-electron chi connectivity index (χ0n) is 15.8. The van der Waals surface area contributed by atoms with Gasteiger partial charge in [0.25, 0.3) is 11.8 Å². The molecular formula is C22H20FN3O3. The summed E-state index contributed by atoms with van der Waals surface area (Å²) in [7, 11) is 1.60. The molecule has 0 bridgehead atoms. The van der Waals surface area contributed by atoms with Gasteiger partial charge in [0, 0.05) is 24.0 Å². The first kappa shape index (κ1) is 20.0. The number of para-hydroxylation sites is 1. The lowest BCUT2D eigenvalue weighted by Gasteiger charge is -2.09. The molecular weight excluding hydrogens is 373 g/mol. The molecule has 3 rings (SSSR count). The number of carbonyl (C=O) groups is 2. The van der Waals surface area contributed by atoms with Crippen molar-refractivity contribution < 1.29 is 18.7 Å². The first-order valence-corrected chi connectivity index (χ1v) is 9.00. The van der Waals surface area contributed by atoms with Crippen LogP contribution in [0.1, 0.15) is 26.4 Å². The number of amides is 2. The number of halogens is 1. The molecule has 6 nitrogen and oxygen atoms in total. The van der Waals surface area contributed by atoms with Gasteiger partial charge in [0.05, 0.1) is 7.11 Å². The Bertz CT molecular complexity index is 1020. The van der Waals surface area contributed by atoms with E-state index in [1.54, 1.807) is 13.2 Å². The Morgan fingerprint density at radius 2 is 1.86 bits per heavy atom. The number of hydrogen-bond acceptors (Lipinski definition) is 4. The van der Waals surface area contributed by atoms with Crippen LogP contribution in [-0.2, 0) is 6.42 Å². The summed E-state index contributed by atoms with van der Waals surface area (Å²) in [6.45, 7) is 0.389. The fraction of sp³-hybridized carbons (Fsp3) is 0.136. The van der Waals surface area contributed by atoms with Crippen molar-refractivity contribution in [1.29, 1.82) is 0 Å². The Labute approximate surface area is 167 Å². The van der Waals surface area contributed by atoms with E-state index in [9.17, 15) is 14.0 Å². The highest BCUT2D eigenvalue weighted by molar-refractivity contribution is 6.05. The van der Waals surface area contributed by atoms with E-state index < -0.39 is 11.7 Å². The minimum absolute atomic E-state index is 0.122. The zero-order valence-corrected chi connectivity index (χ0v) is 15.8. The van der Waals surface area contributed by atoms with Gasteiger partial charge < -0.3 is 15.4 Å². The minimum Gasteiger partial charge on any atom is -0.496 e. The molecule has 1 heterocycles. The molecule has 0 atom stereocenters. The highest BCUT2D eigenvalue weighted by atomic mass is 19.1. The van der Waals surface area contributed by atoms with Crippen LogP contribution in [0.15, 0.2) is 66.9 Å². The smallest absolute Gasteiger partial charge is 0.269 e. The predicted molar refractivity (Wildman–Crippen MR) is 108 cm³/mol. The van der Waals surface area contributed by atoms with E-state index in [1.807, 2.05) is 24.3 Å². The molecule has 148 valence electrons. The van der Waals surface area contributed by atoms with E-state index in [2.05, 4.69) is 15.6 Å². The van der Waals surface area contributed by atoms with Crippen LogP contribution in [0.25, 0.3) is 0 Å². The number of aromatic nitrogens is 1. The number of ether oxygens (including phenoxy) is 1. The molecule has 3 aromatic rings. The highest BCUT2D eigenvalue weighted by Crippen LogP contribution is 2.17. The number of carbonyl (C=O) groups excluding carboxylic acids is 2. The van der Waals surface area contributed by atoms with E-state index in [-0.39, 0.29) is 17.2 Å². The lowest BCUT2D eigenvalue weighted by atomic mass is 10.1. The number of nitrogens with one attached hydrogen (secondary N) is 2. The maximum Gasteiger partial charge on any atom is 0.269 e. The Kier molecular flexibility index (Phi) is 6.52. The van der Waals surface area contributed by atoms with Crippen LogP contribution in [0.4, 0.5) is 10.1 Å². The molecule has 0 aliphatic heterocycles. The van der Waals surface area contributed by atoms with Crippen LogP contribution < -0.4 is 15.4 Å². The Morgan fingerprint density at radius 3 is 2.66 bits per heavy atom. The summed E-state index contributed by atoms with van der Waals surface area (Å²) in [4.78, 5) is 28.8. The van der Waals surface area contributed by atoms with Crippen LogP contribution >= 0.6 is 0 Å². The molecule has 1 aromatic heterocycles. The van der Waals surface area contributed by atoms with Gasteiger partial charge in [-0.3, -0.25) is 14.6 Å². The average Bonchev–Trinajstić information content (AvgIpc) is 2.74. The van der Waals surface area contributed by atoms with E-state index in [1.165, 1.54) is 36.5 Å². The number of methoxy groups -OCH3 is 1. The van der Waals surface area contributed by atoms with E-state index in [0.29, 0.717) is 18.7 Å². The summed E-state index contributed by atoms with van der Waals surface area (Å²) in [5, 5.41) is 5.37. The van der Waals surface area contributed by atoms with Gasteiger partial charge in [0.2, 0.25) is 0 Å². The first-order valence-electron chi connectivity index (χ1n) is 9.00. The highest BCUT2D eigenvalue weighted by Gasteiger charge is 2.12. The lowest BCUT2D eigenvalue weighted by Crippen LogP contribution is -2.27. The van der Waals surface area contributed by atoms with Crippen molar-refractivity contribution in [3.63, 3.8) is 0 Å². The maximum absolute atomic E-state index is 13.3. The molecule has 2 N–H and O–H groups in total. The summed E-state index contributed by atoms with van der Waals surface area (Å²) in [5.74, 6) is -0.537.